The van der Waals surface area contributed by atoms with Crippen molar-refractivity contribution in [2.24, 2.45) is 5.92 Å². The average molecular weight is 336 g/mol. The quantitative estimate of drug-likeness (QED) is 0.834. The average Bonchev–Trinajstić information content (AvgIpc) is 2.36. The first-order valence-corrected chi connectivity index (χ1v) is 7.76. The molecule has 1 amide bonds. The number of benzene rings is 1. The van der Waals surface area contributed by atoms with Crippen molar-refractivity contribution in [1.29, 1.82) is 0 Å². The third-order valence-corrected chi connectivity index (χ3v) is 4.43. The molecule has 1 unspecified atom stereocenters. The summed E-state index contributed by atoms with van der Waals surface area (Å²) >= 11 is 17.8. The number of carbonyl (C=O) groups is 1. The van der Waals surface area contributed by atoms with Crippen molar-refractivity contribution in [2.75, 3.05) is 25.0 Å². The number of likely N-dealkylation sites (tertiary alicyclic amines) is 1. The van der Waals surface area contributed by atoms with E-state index in [9.17, 15) is 4.79 Å². The van der Waals surface area contributed by atoms with Gasteiger partial charge in [0.15, 0.2) is 0 Å². The molecule has 0 aliphatic carbocycles. The maximum atomic E-state index is 12.0. The fraction of sp³-hybridized carbons (Fsp3) is 0.500. The molecule has 3 nitrogen and oxygen atoms in total. The minimum atomic E-state index is -0.0839. The van der Waals surface area contributed by atoms with Crippen molar-refractivity contribution in [3.63, 3.8) is 0 Å². The third-order valence-electron chi connectivity index (χ3n) is 3.39. The second kappa shape index (κ2) is 6.99. The van der Waals surface area contributed by atoms with Gasteiger partial charge in [0.2, 0.25) is 5.91 Å². The Balaban J connectivity index is 1.96. The van der Waals surface area contributed by atoms with Gasteiger partial charge in [-0.1, -0.05) is 41.7 Å². The molecule has 1 N–H and O–H groups in total. The maximum Gasteiger partial charge on any atom is 0.238 e. The summed E-state index contributed by atoms with van der Waals surface area (Å²) in [7, 11) is 0. The zero-order valence-corrected chi connectivity index (χ0v) is 13.5. The molecule has 1 aliphatic heterocycles. The minimum Gasteiger partial charge on any atom is -0.324 e. The van der Waals surface area contributed by atoms with Gasteiger partial charge in [-0.3, -0.25) is 9.69 Å². The number of nitrogens with zero attached hydrogens (tertiary/aromatic N) is 1. The lowest BCUT2D eigenvalue weighted by atomic mass is 10.0. The molecule has 1 heterocycles. The first kappa shape index (κ1) is 15.9. The second-order valence-electron chi connectivity index (χ2n) is 5.28. The van der Waals surface area contributed by atoms with E-state index in [0.29, 0.717) is 33.2 Å². The van der Waals surface area contributed by atoms with Crippen molar-refractivity contribution in [1.82, 2.24) is 4.90 Å². The van der Waals surface area contributed by atoms with Crippen LogP contribution in [0.25, 0.3) is 0 Å². The van der Waals surface area contributed by atoms with Crippen molar-refractivity contribution in [2.45, 2.75) is 19.8 Å². The molecule has 0 saturated carbocycles. The van der Waals surface area contributed by atoms with Crippen molar-refractivity contribution in [3.8, 4) is 0 Å². The summed E-state index contributed by atoms with van der Waals surface area (Å²) in [6.07, 6.45) is 2.37. The highest BCUT2D eigenvalue weighted by Gasteiger charge is 2.19. The Bertz CT molecular complexity index is 507. The topological polar surface area (TPSA) is 32.3 Å². The second-order valence-corrected chi connectivity index (χ2v) is 6.50. The highest BCUT2D eigenvalue weighted by atomic mass is 35.5. The van der Waals surface area contributed by atoms with Crippen LogP contribution in [0.15, 0.2) is 12.1 Å². The lowest BCUT2D eigenvalue weighted by Gasteiger charge is -2.30. The molecule has 1 atom stereocenters. The number of piperidine rings is 1. The van der Waals surface area contributed by atoms with Crippen LogP contribution in [-0.2, 0) is 4.79 Å². The summed E-state index contributed by atoms with van der Waals surface area (Å²) in [6.45, 7) is 4.51. The van der Waals surface area contributed by atoms with Crippen LogP contribution < -0.4 is 5.32 Å². The first-order valence-electron chi connectivity index (χ1n) is 6.62. The van der Waals surface area contributed by atoms with Crippen LogP contribution in [-0.4, -0.2) is 30.4 Å². The number of nitrogens with one attached hydrogen (secondary N) is 1. The van der Waals surface area contributed by atoms with Crippen LogP contribution in [0.4, 0.5) is 5.69 Å². The van der Waals surface area contributed by atoms with E-state index in [1.54, 1.807) is 6.07 Å². The van der Waals surface area contributed by atoms with Gasteiger partial charge in [-0.2, -0.15) is 0 Å². The lowest BCUT2D eigenvalue weighted by Crippen LogP contribution is -2.39. The number of carbonyl (C=O) groups excluding carboxylic acids is 1. The molecular weight excluding hydrogens is 319 g/mol. The zero-order chi connectivity index (χ0) is 14.7. The number of amides is 1. The van der Waals surface area contributed by atoms with Gasteiger partial charge in [0.25, 0.3) is 0 Å². The highest BCUT2D eigenvalue weighted by Crippen LogP contribution is 2.32. The molecule has 1 aliphatic rings. The molecule has 20 heavy (non-hydrogen) atoms. The molecular formula is C14H17Cl3N2O. The Morgan fingerprint density at radius 2 is 2.00 bits per heavy atom. The zero-order valence-electron chi connectivity index (χ0n) is 11.3. The molecule has 0 spiro atoms. The fourth-order valence-electron chi connectivity index (χ4n) is 2.44. The summed E-state index contributed by atoms with van der Waals surface area (Å²) in [6, 6.07) is 3.10. The Morgan fingerprint density at radius 1 is 1.30 bits per heavy atom. The predicted molar refractivity (Wildman–Crippen MR) is 84.9 cm³/mol. The van der Waals surface area contributed by atoms with Gasteiger partial charge in [-0.05, 0) is 37.4 Å². The van der Waals surface area contributed by atoms with E-state index in [-0.39, 0.29) is 5.91 Å². The number of rotatable bonds is 3. The van der Waals surface area contributed by atoms with Gasteiger partial charge < -0.3 is 5.32 Å². The van der Waals surface area contributed by atoms with Crippen molar-refractivity contribution < 1.29 is 4.79 Å². The van der Waals surface area contributed by atoms with Crippen LogP contribution in [0.2, 0.25) is 15.1 Å². The Morgan fingerprint density at radius 3 is 2.70 bits per heavy atom. The molecule has 6 heteroatoms. The SMILES string of the molecule is CC1CCCN(CC(=O)Nc2cc(Cl)c(Cl)cc2Cl)C1. The van der Waals surface area contributed by atoms with Gasteiger partial charge in [-0.25, -0.2) is 0 Å². The maximum absolute atomic E-state index is 12.0. The minimum absolute atomic E-state index is 0.0839. The van der Waals surface area contributed by atoms with E-state index in [0.717, 1.165) is 19.5 Å². The van der Waals surface area contributed by atoms with Gasteiger partial charge >= 0.3 is 0 Å². The van der Waals surface area contributed by atoms with Crippen LogP contribution >= 0.6 is 34.8 Å². The molecule has 0 radical (unpaired) electrons. The normalized spacial score (nSPS) is 19.9. The van der Waals surface area contributed by atoms with Crippen LogP contribution in [0.1, 0.15) is 19.8 Å². The summed E-state index contributed by atoms with van der Waals surface area (Å²) in [5.41, 5.74) is 0.496. The summed E-state index contributed by atoms with van der Waals surface area (Å²) in [5.74, 6) is 0.560. The molecule has 0 aromatic heterocycles. The number of anilines is 1. The number of halogens is 3. The Kier molecular flexibility index (Phi) is 5.56. The Labute approximate surface area is 134 Å². The fourth-order valence-corrected chi connectivity index (χ4v) is 3.04. The monoisotopic (exact) mass is 334 g/mol. The van der Waals surface area contributed by atoms with E-state index < -0.39 is 0 Å². The van der Waals surface area contributed by atoms with E-state index in [1.165, 1.54) is 12.5 Å². The largest absolute Gasteiger partial charge is 0.324 e. The number of hydrogen-bond donors (Lipinski definition) is 1. The van der Waals surface area contributed by atoms with E-state index in [4.69, 9.17) is 34.8 Å². The molecule has 0 bridgehead atoms. The molecule has 110 valence electrons. The van der Waals surface area contributed by atoms with Gasteiger partial charge in [-0.15, -0.1) is 0 Å². The predicted octanol–water partition coefficient (Wildman–Crippen LogP) is 4.32. The smallest absolute Gasteiger partial charge is 0.238 e. The van der Waals surface area contributed by atoms with E-state index >= 15 is 0 Å². The molecule has 2 rings (SSSR count). The molecule has 1 saturated heterocycles. The number of hydrogen-bond acceptors (Lipinski definition) is 2. The van der Waals surface area contributed by atoms with Crippen molar-refractivity contribution >= 4 is 46.4 Å². The van der Waals surface area contributed by atoms with Crippen LogP contribution in [0.3, 0.4) is 0 Å². The van der Waals surface area contributed by atoms with Crippen molar-refractivity contribution in [3.05, 3.63) is 27.2 Å². The Hall–Kier alpha value is -0.480. The summed E-state index contributed by atoms with van der Waals surface area (Å²) < 4.78 is 0. The van der Waals surface area contributed by atoms with Gasteiger partial charge in [0, 0.05) is 6.54 Å². The van der Waals surface area contributed by atoms with Gasteiger partial charge in [0.1, 0.15) is 0 Å². The lowest BCUT2D eigenvalue weighted by molar-refractivity contribution is -0.117. The van der Waals surface area contributed by atoms with Gasteiger partial charge in [0.05, 0.1) is 27.3 Å². The molecule has 1 aromatic rings. The van der Waals surface area contributed by atoms with Crippen LogP contribution in [0, 0.1) is 5.92 Å². The summed E-state index contributed by atoms with van der Waals surface area (Å²) in [5, 5.41) is 3.92. The molecule has 1 aromatic carbocycles. The van der Waals surface area contributed by atoms with E-state index in [2.05, 4.69) is 17.1 Å². The molecule has 1 fully saturated rings. The third kappa shape index (κ3) is 4.26. The first-order chi connectivity index (χ1) is 9.45. The highest BCUT2D eigenvalue weighted by molar-refractivity contribution is 6.44. The standard InChI is InChI=1S/C14H17Cl3N2O/c1-9-3-2-4-19(7-9)8-14(20)18-13-6-11(16)10(15)5-12(13)17/h5-6,9H,2-4,7-8H2,1H3,(H,18,20). The van der Waals surface area contributed by atoms with Crippen LogP contribution in [0.5, 0.6) is 0 Å². The summed E-state index contributed by atoms with van der Waals surface area (Å²) in [4.78, 5) is 14.2. The van der Waals surface area contributed by atoms with E-state index in [1.807, 2.05) is 0 Å².